The average molecular weight is 422 g/mol. The summed E-state index contributed by atoms with van der Waals surface area (Å²) in [5.41, 5.74) is 3.81. The number of hydrogen-bond acceptors (Lipinski definition) is 7. The van der Waals surface area contributed by atoms with Crippen LogP contribution in [0.25, 0.3) is 11.8 Å². The summed E-state index contributed by atoms with van der Waals surface area (Å²) in [5, 5.41) is 14.4. The van der Waals surface area contributed by atoms with Crippen LogP contribution in [-0.2, 0) is 9.47 Å². The molecule has 8 heteroatoms. The van der Waals surface area contributed by atoms with Crippen LogP contribution in [0.2, 0.25) is 5.15 Å². The quantitative estimate of drug-likeness (QED) is 0.568. The number of aromatic nitrogens is 1. The van der Waals surface area contributed by atoms with Gasteiger partial charge in [-0.15, -0.1) is 0 Å². The molecule has 0 radical (unpaired) electrons. The van der Waals surface area contributed by atoms with Crippen molar-refractivity contribution in [3.05, 3.63) is 81.1 Å². The number of halogens is 1. The van der Waals surface area contributed by atoms with E-state index in [4.69, 9.17) is 31.3 Å². The molecular formula is C22H20ClN5O2. The summed E-state index contributed by atoms with van der Waals surface area (Å²) in [6, 6.07) is 11.5. The van der Waals surface area contributed by atoms with Crippen molar-refractivity contribution in [2.45, 2.75) is 12.7 Å². The molecular weight excluding hydrogens is 402 g/mol. The van der Waals surface area contributed by atoms with Crippen LogP contribution in [0.1, 0.15) is 17.5 Å². The van der Waals surface area contributed by atoms with Gasteiger partial charge in [-0.1, -0.05) is 23.7 Å². The highest BCUT2D eigenvalue weighted by Gasteiger charge is 2.24. The second-order valence-corrected chi connectivity index (χ2v) is 7.20. The number of allylic oxidation sites excluding steroid dienone is 1. The number of nitrogens with zero attached hydrogens (tertiary/aromatic N) is 4. The van der Waals surface area contributed by atoms with Crippen LogP contribution in [0.4, 0.5) is 0 Å². The molecule has 1 aromatic carbocycles. The zero-order valence-corrected chi connectivity index (χ0v) is 17.3. The van der Waals surface area contributed by atoms with E-state index in [-0.39, 0.29) is 0 Å². The van der Waals surface area contributed by atoms with Gasteiger partial charge >= 0.3 is 0 Å². The topological polar surface area (TPSA) is 82.8 Å². The molecule has 1 N–H and O–H groups in total. The summed E-state index contributed by atoms with van der Waals surface area (Å²) in [6.07, 6.45) is 6.00. The minimum Gasteiger partial charge on any atom is -0.363 e. The van der Waals surface area contributed by atoms with Crippen molar-refractivity contribution < 1.29 is 9.47 Å². The monoisotopic (exact) mass is 421 g/mol. The molecule has 2 aliphatic heterocycles. The smallest absolute Gasteiger partial charge is 0.173 e. The fourth-order valence-corrected chi connectivity index (χ4v) is 3.54. The van der Waals surface area contributed by atoms with Crippen molar-refractivity contribution in [3.63, 3.8) is 0 Å². The van der Waals surface area contributed by atoms with Crippen LogP contribution in [0, 0.1) is 11.3 Å². The zero-order valence-electron chi connectivity index (χ0n) is 16.6. The van der Waals surface area contributed by atoms with Gasteiger partial charge in [0.05, 0.1) is 35.4 Å². The van der Waals surface area contributed by atoms with Crippen LogP contribution in [0.3, 0.4) is 0 Å². The van der Waals surface area contributed by atoms with Crippen LogP contribution >= 0.6 is 11.6 Å². The number of nitriles is 1. The molecule has 1 aromatic heterocycles. The molecule has 0 amide bonds. The maximum Gasteiger partial charge on any atom is 0.173 e. The van der Waals surface area contributed by atoms with Crippen molar-refractivity contribution in [2.75, 3.05) is 20.8 Å². The van der Waals surface area contributed by atoms with E-state index in [9.17, 15) is 0 Å². The highest BCUT2D eigenvalue weighted by Crippen LogP contribution is 2.34. The van der Waals surface area contributed by atoms with Gasteiger partial charge in [-0.05, 0) is 29.3 Å². The molecule has 0 saturated heterocycles. The summed E-state index contributed by atoms with van der Waals surface area (Å²) >= 11 is 6.11. The number of rotatable bonds is 6. The number of nitrogens with one attached hydrogen (secondary N) is 1. The Kier molecular flexibility index (Phi) is 5.81. The Morgan fingerprint density at radius 3 is 2.70 bits per heavy atom. The lowest BCUT2D eigenvalue weighted by Gasteiger charge is -2.18. The van der Waals surface area contributed by atoms with E-state index in [0.29, 0.717) is 29.5 Å². The Balaban J connectivity index is 1.75. The average Bonchev–Trinajstić information content (AvgIpc) is 3.12. The highest BCUT2D eigenvalue weighted by atomic mass is 35.5. The van der Waals surface area contributed by atoms with Crippen LogP contribution in [0.15, 0.2) is 59.2 Å². The lowest BCUT2D eigenvalue weighted by atomic mass is 10.0. The lowest BCUT2D eigenvalue weighted by Crippen LogP contribution is -2.31. The molecule has 0 saturated carbocycles. The number of pyridine rings is 1. The summed E-state index contributed by atoms with van der Waals surface area (Å²) in [4.78, 5) is 11.0. The molecule has 0 spiro atoms. The van der Waals surface area contributed by atoms with Gasteiger partial charge in [0.2, 0.25) is 0 Å². The molecule has 3 heterocycles. The van der Waals surface area contributed by atoms with E-state index in [1.807, 2.05) is 30.5 Å². The van der Waals surface area contributed by atoms with Gasteiger partial charge in [0.1, 0.15) is 11.0 Å². The van der Waals surface area contributed by atoms with Crippen molar-refractivity contribution >= 4 is 23.4 Å². The first-order chi connectivity index (χ1) is 14.6. The molecule has 2 aliphatic rings. The van der Waals surface area contributed by atoms with Crippen LogP contribution in [0.5, 0.6) is 0 Å². The molecule has 0 aliphatic carbocycles. The third-order valence-corrected chi connectivity index (χ3v) is 5.18. The van der Waals surface area contributed by atoms with Crippen molar-refractivity contribution in [1.29, 1.82) is 5.26 Å². The third kappa shape index (κ3) is 4.07. The molecule has 7 nitrogen and oxygen atoms in total. The second-order valence-electron chi connectivity index (χ2n) is 6.81. The Hall–Kier alpha value is -3.18. The summed E-state index contributed by atoms with van der Waals surface area (Å²) in [5.74, 6) is 0.716. The fraction of sp³-hybridized carbons (Fsp3) is 0.227. The number of hydrogen-bond donors (Lipinski definition) is 1. The number of methoxy groups -OCH3 is 2. The molecule has 30 heavy (non-hydrogen) atoms. The predicted octanol–water partition coefficient (Wildman–Crippen LogP) is 2.10. The van der Waals surface area contributed by atoms with Crippen molar-refractivity contribution in [1.82, 2.24) is 15.2 Å². The van der Waals surface area contributed by atoms with Gasteiger partial charge < -0.3 is 19.7 Å². The van der Waals surface area contributed by atoms with E-state index >= 15 is 0 Å². The molecule has 0 unspecified atom stereocenters. The first-order valence-electron chi connectivity index (χ1n) is 9.35. The van der Waals surface area contributed by atoms with E-state index in [2.05, 4.69) is 27.5 Å². The molecule has 0 fully saturated rings. The van der Waals surface area contributed by atoms with E-state index in [1.54, 1.807) is 26.5 Å². The molecule has 152 valence electrons. The summed E-state index contributed by atoms with van der Waals surface area (Å²) < 4.78 is 10.6. The van der Waals surface area contributed by atoms with Gasteiger partial charge in [-0.3, -0.25) is 0 Å². The highest BCUT2D eigenvalue weighted by molar-refractivity contribution is 6.29. The Morgan fingerprint density at radius 2 is 2.00 bits per heavy atom. The molecule has 0 bridgehead atoms. The van der Waals surface area contributed by atoms with E-state index in [1.165, 1.54) is 0 Å². The van der Waals surface area contributed by atoms with E-state index in [0.717, 1.165) is 27.4 Å². The summed E-state index contributed by atoms with van der Waals surface area (Å²) in [6.45, 7) is 0.436. The SMILES string of the molecule is COC(CNC1=C2CC(c3ccc(C#N)cc3)=CN2C=c2cc(Cl)ncc2=N1)OC. The van der Waals surface area contributed by atoms with E-state index < -0.39 is 6.29 Å². The Labute approximate surface area is 179 Å². The van der Waals surface area contributed by atoms with Crippen LogP contribution in [-0.4, -0.2) is 36.9 Å². The zero-order chi connectivity index (χ0) is 21.1. The third-order valence-electron chi connectivity index (χ3n) is 4.98. The van der Waals surface area contributed by atoms with Crippen molar-refractivity contribution in [3.8, 4) is 6.07 Å². The second kappa shape index (κ2) is 8.67. The number of fused-ring (bicyclic) bond motifs is 2. The number of ether oxygens (including phenoxy) is 2. The predicted molar refractivity (Wildman–Crippen MR) is 113 cm³/mol. The molecule has 2 aromatic rings. The van der Waals surface area contributed by atoms with Gasteiger partial charge in [-0.2, -0.15) is 5.26 Å². The first-order valence-corrected chi connectivity index (χ1v) is 9.73. The fourth-order valence-electron chi connectivity index (χ4n) is 3.37. The van der Waals surface area contributed by atoms with Gasteiger partial charge in [0.15, 0.2) is 6.29 Å². The van der Waals surface area contributed by atoms with Crippen LogP contribution < -0.4 is 15.9 Å². The maximum absolute atomic E-state index is 9.05. The normalized spacial score (nSPS) is 14.9. The summed E-state index contributed by atoms with van der Waals surface area (Å²) in [7, 11) is 3.19. The van der Waals surface area contributed by atoms with Gasteiger partial charge in [0.25, 0.3) is 0 Å². The lowest BCUT2D eigenvalue weighted by molar-refractivity contribution is -0.0976. The minimum absolute atomic E-state index is 0.399. The maximum atomic E-state index is 9.05. The largest absolute Gasteiger partial charge is 0.363 e. The Bertz CT molecular complexity index is 1180. The molecule has 4 rings (SSSR count). The minimum atomic E-state index is -0.399. The Morgan fingerprint density at radius 1 is 1.23 bits per heavy atom. The molecule has 0 atom stereocenters. The standard InChI is InChI=1S/C22H20ClN5O2/c1-29-21(30-2)11-26-22-19-7-16(15-5-3-14(9-24)4-6-15)12-28(19)13-17-8-20(23)25-10-18(17)27-22/h3-6,8,10,12-13,21,26H,7,11H2,1-2H3. The van der Waals surface area contributed by atoms with Crippen molar-refractivity contribution in [2.24, 2.45) is 4.99 Å². The first kappa shape index (κ1) is 20.1. The van der Waals surface area contributed by atoms with Gasteiger partial charge in [0, 0.05) is 38.3 Å². The van der Waals surface area contributed by atoms with Gasteiger partial charge in [-0.25, -0.2) is 9.98 Å². The number of benzene rings is 1.